The summed E-state index contributed by atoms with van der Waals surface area (Å²) in [6, 6.07) is 10.1. The molecule has 0 bridgehead atoms. The standard InChI is InChI=1S/C25H34FN3O4S/c1-7-22(25(31)27-17(2)3)28(15-20-11-13-21(26)14-12-20)23(30)16-29(34(6,32)33)24-18(4)9-8-10-19(24)5/h8-14,17,22H,7,15-16H2,1-6H3,(H,27,31)/t22-/m0/s1. The second-order valence-electron chi connectivity index (χ2n) is 8.75. The van der Waals surface area contributed by atoms with Crippen LogP contribution in [0.4, 0.5) is 10.1 Å². The minimum Gasteiger partial charge on any atom is -0.352 e. The molecular weight excluding hydrogens is 457 g/mol. The van der Waals surface area contributed by atoms with Crippen molar-refractivity contribution in [3.63, 3.8) is 0 Å². The van der Waals surface area contributed by atoms with E-state index in [-0.39, 0.29) is 18.5 Å². The largest absolute Gasteiger partial charge is 0.352 e. The van der Waals surface area contributed by atoms with E-state index in [1.54, 1.807) is 45.0 Å². The van der Waals surface area contributed by atoms with E-state index < -0.39 is 34.3 Å². The summed E-state index contributed by atoms with van der Waals surface area (Å²) < 4.78 is 40.0. The maximum absolute atomic E-state index is 13.6. The number of aryl methyl sites for hydroxylation is 2. The average molecular weight is 492 g/mol. The highest BCUT2D eigenvalue weighted by Gasteiger charge is 2.32. The van der Waals surface area contributed by atoms with Gasteiger partial charge in [0.1, 0.15) is 18.4 Å². The molecule has 0 radical (unpaired) electrons. The zero-order chi connectivity index (χ0) is 25.6. The third kappa shape index (κ3) is 7.03. The first-order valence-corrected chi connectivity index (χ1v) is 13.1. The molecule has 1 N–H and O–H groups in total. The van der Waals surface area contributed by atoms with E-state index in [1.807, 2.05) is 19.9 Å². The first kappa shape index (κ1) is 27.3. The molecule has 2 rings (SSSR count). The zero-order valence-corrected chi connectivity index (χ0v) is 21.4. The Kier molecular flexibility index (Phi) is 9.21. The molecule has 0 spiro atoms. The van der Waals surface area contributed by atoms with Crippen LogP contribution in [0.3, 0.4) is 0 Å². The Morgan fingerprint density at radius 3 is 2.06 bits per heavy atom. The predicted molar refractivity (Wildman–Crippen MR) is 132 cm³/mol. The normalized spacial score (nSPS) is 12.4. The van der Waals surface area contributed by atoms with Crippen LogP contribution in [-0.4, -0.2) is 50.0 Å². The highest BCUT2D eigenvalue weighted by atomic mass is 32.2. The fourth-order valence-corrected chi connectivity index (χ4v) is 4.83. The average Bonchev–Trinajstić information content (AvgIpc) is 2.72. The van der Waals surface area contributed by atoms with Crippen LogP contribution in [0, 0.1) is 19.7 Å². The monoisotopic (exact) mass is 491 g/mol. The van der Waals surface area contributed by atoms with E-state index in [0.717, 1.165) is 10.6 Å². The summed E-state index contributed by atoms with van der Waals surface area (Å²) >= 11 is 0. The molecule has 0 saturated carbocycles. The number of carbonyl (C=O) groups is 2. The lowest BCUT2D eigenvalue weighted by molar-refractivity contribution is -0.140. The number of rotatable bonds is 10. The summed E-state index contributed by atoms with van der Waals surface area (Å²) in [7, 11) is -3.81. The predicted octanol–water partition coefficient (Wildman–Crippen LogP) is 3.54. The van der Waals surface area contributed by atoms with Gasteiger partial charge in [-0.05, 0) is 62.9 Å². The van der Waals surface area contributed by atoms with Crippen molar-refractivity contribution in [2.45, 2.75) is 59.7 Å². The van der Waals surface area contributed by atoms with Gasteiger partial charge in [0.25, 0.3) is 0 Å². The van der Waals surface area contributed by atoms with Gasteiger partial charge >= 0.3 is 0 Å². The molecule has 7 nitrogen and oxygen atoms in total. The Bertz CT molecular complexity index is 1100. The Morgan fingerprint density at radius 1 is 1.03 bits per heavy atom. The van der Waals surface area contributed by atoms with Gasteiger partial charge in [0.15, 0.2) is 0 Å². The van der Waals surface area contributed by atoms with E-state index >= 15 is 0 Å². The van der Waals surface area contributed by atoms with E-state index in [2.05, 4.69) is 5.32 Å². The first-order valence-electron chi connectivity index (χ1n) is 11.2. The quantitative estimate of drug-likeness (QED) is 0.551. The van der Waals surface area contributed by atoms with Crippen molar-refractivity contribution in [1.29, 1.82) is 0 Å². The Hall–Kier alpha value is -2.94. The van der Waals surface area contributed by atoms with Crippen LogP contribution in [0.15, 0.2) is 42.5 Å². The lowest BCUT2D eigenvalue weighted by Gasteiger charge is -2.33. The number of para-hydroxylation sites is 1. The van der Waals surface area contributed by atoms with Crippen molar-refractivity contribution in [2.24, 2.45) is 0 Å². The lowest BCUT2D eigenvalue weighted by atomic mass is 10.1. The number of anilines is 1. The van der Waals surface area contributed by atoms with Crippen molar-refractivity contribution in [3.05, 3.63) is 65.0 Å². The van der Waals surface area contributed by atoms with Crippen LogP contribution in [0.1, 0.15) is 43.9 Å². The Labute approximate surface area is 202 Å². The van der Waals surface area contributed by atoms with Gasteiger partial charge in [-0.3, -0.25) is 13.9 Å². The SMILES string of the molecule is CC[C@@H](C(=O)NC(C)C)N(Cc1ccc(F)cc1)C(=O)CN(c1c(C)cccc1C)S(C)(=O)=O. The maximum atomic E-state index is 13.6. The van der Waals surface area contributed by atoms with Gasteiger partial charge in [-0.1, -0.05) is 37.3 Å². The molecule has 9 heteroatoms. The van der Waals surface area contributed by atoms with Crippen LogP contribution in [0.5, 0.6) is 0 Å². The first-order chi connectivity index (χ1) is 15.8. The van der Waals surface area contributed by atoms with Gasteiger partial charge in [-0.15, -0.1) is 0 Å². The molecule has 0 saturated heterocycles. The number of sulfonamides is 1. The molecule has 0 fully saturated rings. The molecule has 2 amide bonds. The molecule has 186 valence electrons. The summed E-state index contributed by atoms with van der Waals surface area (Å²) in [5.41, 5.74) is 2.50. The molecule has 0 aliphatic rings. The van der Waals surface area contributed by atoms with Gasteiger partial charge in [-0.2, -0.15) is 0 Å². The van der Waals surface area contributed by atoms with E-state index in [0.29, 0.717) is 28.8 Å². The highest BCUT2D eigenvalue weighted by Crippen LogP contribution is 2.27. The Balaban J connectivity index is 2.49. The van der Waals surface area contributed by atoms with Gasteiger partial charge in [0.05, 0.1) is 11.9 Å². The summed E-state index contributed by atoms with van der Waals surface area (Å²) in [4.78, 5) is 27.9. The molecular formula is C25H34FN3O4S. The van der Waals surface area contributed by atoms with E-state index in [9.17, 15) is 22.4 Å². The van der Waals surface area contributed by atoms with Gasteiger partial charge < -0.3 is 10.2 Å². The number of carbonyl (C=O) groups excluding carboxylic acids is 2. The molecule has 34 heavy (non-hydrogen) atoms. The molecule has 0 aromatic heterocycles. The summed E-state index contributed by atoms with van der Waals surface area (Å²) in [5.74, 6) is -1.27. The lowest BCUT2D eigenvalue weighted by Crippen LogP contribution is -2.53. The minimum atomic E-state index is -3.81. The van der Waals surface area contributed by atoms with Crippen LogP contribution in [-0.2, 0) is 26.2 Å². The van der Waals surface area contributed by atoms with Crippen molar-refractivity contribution >= 4 is 27.5 Å². The van der Waals surface area contributed by atoms with Crippen molar-refractivity contribution in [3.8, 4) is 0 Å². The maximum Gasteiger partial charge on any atom is 0.244 e. The van der Waals surface area contributed by atoms with Crippen LogP contribution in [0.2, 0.25) is 0 Å². The zero-order valence-electron chi connectivity index (χ0n) is 20.6. The van der Waals surface area contributed by atoms with Crippen molar-refractivity contribution < 1.29 is 22.4 Å². The van der Waals surface area contributed by atoms with Crippen molar-refractivity contribution in [1.82, 2.24) is 10.2 Å². The van der Waals surface area contributed by atoms with E-state index in [4.69, 9.17) is 0 Å². The highest BCUT2D eigenvalue weighted by molar-refractivity contribution is 7.92. The number of benzene rings is 2. The second-order valence-corrected chi connectivity index (χ2v) is 10.7. The molecule has 0 heterocycles. The van der Waals surface area contributed by atoms with Gasteiger partial charge in [-0.25, -0.2) is 12.8 Å². The Morgan fingerprint density at radius 2 is 1.59 bits per heavy atom. The van der Waals surface area contributed by atoms with Crippen LogP contribution in [0.25, 0.3) is 0 Å². The molecule has 0 unspecified atom stereocenters. The molecule has 0 aliphatic carbocycles. The summed E-state index contributed by atoms with van der Waals surface area (Å²) in [6.45, 7) is 8.57. The number of amides is 2. The fourth-order valence-electron chi connectivity index (χ4n) is 3.86. The smallest absolute Gasteiger partial charge is 0.244 e. The third-order valence-electron chi connectivity index (χ3n) is 5.45. The number of hydrogen-bond donors (Lipinski definition) is 1. The van der Waals surface area contributed by atoms with Crippen LogP contribution >= 0.6 is 0 Å². The summed E-state index contributed by atoms with van der Waals surface area (Å²) in [5, 5.41) is 2.83. The molecule has 2 aromatic rings. The van der Waals surface area contributed by atoms with Gasteiger partial charge in [0.2, 0.25) is 21.8 Å². The van der Waals surface area contributed by atoms with Crippen molar-refractivity contribution in [2.75, 3.05) is 17.1 Å². The second kappa shape index (κ2) is 11.5. The molecule has 2 aromatic carbocycles. The number of halogens is 1. The topological polar surface area (TPSA) is 86.8 Å². The summed E-state index contributed by atoms with van der Waals surface area (Å²) in [6.07, 6.45) is 1.38. The molecule has 1 atom stereocenters. The number of nitrogens with one attached hydrogen (secondary N) is 1. The third-order valence-corrected chi connectivity index (χ3v) is 6.56. The minimum absolute atomic E-state index is 0.0352. The van der Waals surface area contributed by atoms with Crippen LogP contribution < -0.4 is 9.62 Å². The number of nitrogens with zero attached hydrogens (tertiary/aromatic N) is 2. The van der Waals surface area contributed by atoms with Gasteiger partial charge in [0, 0.05) is 12.6 Å². The molecule has 0 aliphatic heterocycles. The number of hydrogen-bond acceptors (Lipinski definition) is 4. The van der Waals surface area contributed by atoms with E-state index in [1.165, 1.54) is 17.0 Å². The fraction of sp³-hybridized carbons (Fsp3) is 0.440.